The number of carbonyl (C=O) groups excluding carboxylic acids is 1. The fraction of sp³-hybridized carbons (Fsp3) is 0.421. The van der Waals surface area contributed by atoms with Crippen LogP contribution in [0.3, 0.4) is 0 Å². The van der Waals surface area contributed by atoms with Gasteiger partial charge >= 0.3 is 0 Å². The van der Waals surface area contributed by atoms with E-state index in [4.69, 9.17) is 4.74 Å². The maximum Gasteiger partial charge on any atom is 0.193 e. The Morgan fingerprint density at radius 3 is 2.79 bits per heavy atom. The molecule has 3 rings (SSSR count). The molecule has 0 aliphatic carbocycles. The third kappa shape index (κ3) is 4.44. The Labute approximate surface area is 146 Å². The van der Waals surface area contributed by atoms with Crippen molar-refractivity contribution in [1.29, 1.82) is 0 Å². The van der Waals surface area contributed by atoms with Gasteiger partial charge in [0, 0.05) is 16.5 Å². The van der Waals surface area contributed by atoms with Crippen LogP contribution in [0.25, 0.3) is 0 Å². The zero-order valence-corrected chi connectivity index (χ0v) is 14.4. The van der Waals surface area contributed by atoms with Crippen molar-refractivity contribution in [2.24, 2.45) is 5.92 Å². The molecule has 2 unspecified atom stereocenters. The van der Waals surface area contributed by atoms with Gasteiger partial charge in [0.2, 0.25) is 0 Å². The van der Waals surface area contributed by atoms with Crippen LogP contribution in [-0.2, 0) is 0 Å². The third-order valence-corrected chi connectivity index (χ3v) is 5.12. The third-order valence-electron chi connectivity index (χ3n) is 4.44. The van der Waals surface area contributed by atoms with Gasteiger partial charge in [0.1, 0.15) is 12.0 Å². The molecular formula is C19H23NO3S. The van der Waals surface area contributed by atoms with Crippen molar-refractivity contribution in [3.63, 3.8) is 0 Å². The van der Waals surface area contributed by atoms with Crippen molar-refractivity contribution >= 4 is 17.1 Å². The van der Waals surface area contributed by atoms with Crippen molar-refractivity contribution in [2.75, 3.05) is 13.2 Å². The molecule has 0 spiro atoms. The molecule has 1 aliphatic heterocycles. The average molecular weight is 345 g/mol. The summed E-state index contributed by atoms with van der Waals surface area (Å²) in [5.41, 5.74) is 1.41. The van der Waals surface area contributed by atoms with Crippen LogP contribution >= 0.6 is 11.3 Å². The number of nitrogens with one attached hydrogen (secondary N) is 1. The molecule has 1 aliphatic rings. The van der Waals surface area contributed by atoms with E-state index in [0.29, 0.717) is 18.1 Å². The van der Waals surface area contributed by atoms with E-state index in [2.05, 4.69) is 5.32 Å². The van der Waals surface area contributed by atoms with Crippen molar-refractivity contribution in [1.82, 2.24) is 5.32 Å². The van der Waals surface area contributed by atoms with E-state index in [-0.39, 0.29) is 12.0 Å². The van der Waals surface area contributed by atoms with Crippen molar-refractivity contribution < 1.29 is 14.6 Å². The van der Waals surface area contributed by atoms with Crippen LogP contribution in [0.15, 0.2) is 41.1 Å². The van der Waals surface area contributed by atoms with Gasteiger partial charge in [0.05, 0.1) is 6.61 Å². The standard InChI is InChI=1S/C19H23NO3S/c21-18(16-9-12-24-13-16)14-5-7-17(8-6-14)23-11-2-4-15-3-1-10-20-19(15)22/h5-9,12-13,15,19-20,22H,1-4,10-11H2. The Balaban J connectivity index is 1.44. The molecule has 2 atom stereocenters. The van der Waals surface area contributed by atoms with E-state index in [1.807, 2.05) is 41.1 Å². The summed E-state index contributed by atoms with van der Waals surface area (Å²) in [7, 11) is 0. The minimum absolute atomic E-state index is 0.0431. The van der Waals surface area contributed by atoms with Gasteiger partial charge in [-0.05, 0) is 73.9 Å². The van der Waals surface area contributed by atoms with Gasteiger partial charge in [-0.15, -0.1) is 0 Å². The Morgan fingerprint density at radius 2 is 2.08 bits per heavy atom. The number of aliphatic hydroxyl groups is 1. The second-order valence-corrected chi connectivity index (χ2v) is 6.94. The maximum absolute atomic E-state index is 12.2. The highest BCUT2D eigenvalue weighted by molar-refractivity contribution is 7.08. The normalized spacial score (nSPS) is 20.7. The molecule has 1 aromatic carbocycles. The number of ether oxygens (including phenoxy) is 1. The molecule has 2 aromatic rings. The molecule has 4 nitrogen and oxygen atoms in total. The number of aliphatic hydroxyl groups excluding tert-OH is 1. The SMILES string of the molecule is O=C(c1ccc(OCCCC2CCCNC2O)cc1)c1ccsc1. The lowest BCUT2D eigenvalue weighted by Gasteiger charge is -2.28. The molecule has 2 heterocycles. The highest BCUT2D eigenvalue weighted by Crippen LogP contribution is 2.21. The number of thiophene rings is 1. The fourth-order valence-corrected chi connectivity index (χ4v) is 3.68. The minimum Gasteiger partial charge on any atom is -0.494 e. The first-order valence-corrected chi connectivity index (χ1v) is 9.39. The molecule has 1 aromatic heterocycles. The predicted octanol–water partition coefficient (Wildman–Crippen LogP) is 3.46. The largest absolute Gasteiger partial charge is 0.494 e. The van der Waals surface area contributed by atoms with Gasteiger partial charge in [0.15, 0.2) is 5.78 Å². The minimum atomic E-state index is -0.374. The van der Waals surface area contributed by atoms with Gasteiger partial charge in [0.25, 0.3) is 0 Å². The number of hydrogen-bond acceptors (Lipinski definition) is 5. The van der Waals surface area contributed by atoms with Crippen LogP contribution in [0.2, 0.25) is 0 Å². The zero-order valence-electron chi connectivity index (χ0n) is 13.6. The van der Waals surface area contributed by atoms with E-state index >= 15 is 0 Å². The van der Waals surface area contributed by atoms with E-state index in [1.54, 1.807) is 0 Å². The van der Waals surface area contributed by atoms with Crippen molar-refractivity contribution in [3.05, 3.63) is 52.2 Å². The maximum atomic E-state index is 12.2. The predicted molar refractivity (Wildman–Crippen MR) is 95.7 cm³/mol. The number of piperidine rings is 1. The van der Waals surface area contributed by atoms with Crippen LogP contribution in [-0.4, -0.2) is 30.3 Å². The van der Waals surface area contributed by atoms with Crippen LogP contribution in [0, 0.1) is 5.92 Å². The van der Waals surface area contributed by atoms with E-state index in [9.17, 15) is 9.90 Å². The van der Waals surface area contributed by atoms with Crippen LogP contribution in [0.4, 0.5) is 0 Å². The second kappa shape index (κ2) is 8.42. The average Bonchev–Trinajstić information content (AvgIpc) is 3.15. The smallest absolute Gasteiger partial charge is 0.193 e. The molecule has 1 fully saturated rings. The lowest BCUT2D eigenvalue weighted by atomic mass is 9.93. The Kier molecular flexibility index (Phi) is 6.01. The molecule has 128 valence electrons. The summed E-state index contributed by atoms with van der Waals surface area (Å²) in [6.07, 6.45) is 3.71. The molecule has 0 amide bonds. The highest BCUT2D eigenvalue weighted by atomic mass is 32.1. The van der Waals surface area contributed by atoms with Crippen LogP contribution < -0.4 is 10.1 Å². The van der Waals surface area contributed by atoms with E-state index < -0.39 is 0 Å². The number of rotatable bonds is 7. The summed E-state index contributed by atoms with van der Waals surface area (Å²) < 4.78 is 5.75. The Bertz CT molecular complexity index is 639. The molecule has 0 saturated carbocycles. The zero-order chi connectivity index (χ0) is 16.8. The number of ketones is 1. The number of carbonyl (C=O) groups is 1. The van der Waals surface area contributed by atoms with Crippen molar-refractivity contribution in [3.8, 4) is 5.75 Å². The van der Waals surface area contributed by atoms with E-state index in [1.165, 1.54) is 11.3 Å². The van der Waals surface area contributed by atoms with Crippen molar-refractivity contribution in [2.45, 2.75) is 31.9 Å². The topological polar surface area (TPSA) is 58.6 Å². The Morgan fingerprint density at radius 1 is 1.25 bits per heavy atom. The van der Waals surface area contributed by atoms with Crippen LogP contribution in [0.1, 0.15) is 41.6 Å². The van der Waals surface area contributed by atoms with Gasteiger partial charge in [-0.3, -0.25) is 10.1 Å². The molecule has 1 saturated heterocycles. The summed E-state index contributed by atoms with van der Waals surface area (Å²) in [6, 6.07) is 9.15. The molecule has 5 heteroatoms. The lowest BCUT2D eigenvalue weighted by molar-refractivity contribution is 0.0428. The lowest BCUT2D eigenvalue weighted by Crippen LogP contribution is -2.41. The highest BCUT2D eigenvalue weighted by Gasteiger charge is 2.21. The number of hydrogen-bond donors (Lipinski definition) is 2. The number of benzene rings is 1. The molecular weight excluding hydrogens is 322 g/mol. The first-order valence-electron chi connectivity index (χ1n) is 8.45. The van der Waals surface area contributed by atoms with Crippen LogP contribution in [0.5, 0.6) is 5.75 Å². The quantitative estimate of drug-likeness (QED) is 0.596. The van der Waals surface area contributed by atoms with Gasteiger partial charge in [-0.1, -0.05) is 0 Å². The molecule has 2 N–H and O–H groups in total. The first-order chi connectivity index (χ1) is 11.7. The summed E-state index contributed by atoms with van der Waals surface area (Å²) in [6.45, 7) is 1.53. The summed E-state index contributed by atoms with van der Waals surface area (Å²) in [5, 5.41) is 16.7. The van der Waals surface area contributed by atoms with Gasteiger partial charge < -0.3 is 9.84 Å². The molecule has 0 bridgehead atoms. The van der Waals surface area contributed by atoms with Gasteiger partial charge in [-0.2, -0.15) is 11.3 Å². The summed E-state index contributed by atoms with van der Waals surface area (Å²) in [5.74, 6) is 1.15. The monoisotopic (exact) mass is 345 g/mol. The Hall–Kier alpha value is -1.69. The summed E-state index contributed by atoms with van der Waals surface area (Å²) >= 11 is 1.52. The van der Waals surface area contributed by atoms with Gasteiger partial charge in [-0.25, -0.2) is 0 Å². The second-order valence-electron chi connectivity index (χ2n) is 6.16. The summed E-state index contributed by atoms with van der Waals surface area (Å²) in [4.78, 5) is 12.2. The molecule has 24 heavy (non-hydrogen) atoms. The first kappa shape index (κ1) is 17.1. The molecule has 0 radical (unpaired) electrons. The fourth-order valence-electron chi connectivity index (χ4n) is 3.04. The van der Waals surface area contributed by atoms with E-state index in [0.717, 1.165) is 43.5 Å².